The first-order chi connectivity index (χ1) is 8.69. The molecule has 4 heteroatoms. The van der Waals surface area contributed by atoms with Crippen molar-refractivity contribution in [1.29, 1.82) is 0 Å². The van der Waals surface area contributed by atoms with Gasteiger partial charge in [0.1, 0.15) is 11.6 Å². The second-order valence-corrected chi connectivity index (χ2v) is 4.57. The van der Waals surface area contributed by atoms with Gasteiger partial charge in [0.25, 0.3) is 0 Å². The molecule has 0 unspecified atom stereocenters. The topological polar surface area (TPSA) is 61.0 Å². The van der Waals surface area contributed by atoms with Gasteiger partial charge < -0.3 is 10.5 Å². The number of rotatable bonds is 8. The molecular weight excluding hydrogens is 226 g/mol. The van der Waals surface area contributed by atoms with E-state index in [-0.39, 0.29) is 0 Å². The van der Waals surface area contributed by atoms with E-state index in [1.54, 1.807) is 0 Å². The highest BCUT2D eigenvalue weighted by Crippen LogP contribution is 2.20. The molecule has 102 valence electrons. The first-order valence-electron chi connectivity index (χ1n) is 6.94. The SMILES string of the molecule is CCCCCCCOc1nc(CC)nc(N)c1C. The van der Waals surface area contributed by atoms with Crippen molar-refractivity contribution >= 4 is 5.82 Å². The van der Waals surface area contributed by atoms with Gasteiger partial charge in [0.2, 0.25) is 5.88 Å². The zero-order valence-corrected chi connectivity index (χ0v) is 11.8. The van der Waals surface area contributed by atoms with Crippen LogP contribution >= 0.6 is 0 Å². The van der Waals surface area contributed by atoms with Crippen molar-refractivity contribution in [3.63, 3.8) is 0 Å². The summed E-state index contributed by atoms with van der Waals surface area (Å²) in [7, 11) is 0. The molecule has 0 spiro atoms. The largest absolute Gasteiger partial charge is 0.477 e. The van der Waals surface area contributed by atoms with E-state index in [9.17, 15) is 0 Å². The molecule has 0 amide bonds. The van der Waals surface area contributed by atoms with Crippen molar-refractivity contribution in [2.24, 2.45) is 0 Å². The normalized spacial score (nSPS) is 10.6. The van der Waals surface area contributed by atoms with Crippen LogP contribution in [0.5, 0.6) is 5.88 Å². The summed E-state index contributed by atoms with van der Waals surface area (Å²) in [6.07, 6.45) is 6.92. The molecule has 18 heavy (non-hydrogen) atoms. The third-order valence-corrected chi connectivity index (χ3v) is 2.99. The summed E-state index contributed by atoms with van der Waals surface area (Å²) in [5.41, 5.74) is 6.68. The summed E-state index contributed by atoms with van der Waals surface area (Å²) in [6, 6.07) is 0. The van der Waals surface area contributed by atoms with Gasteiger partial charge in [-0.25, -0.2) is 4.98 Å². The number of nitrogens with two attached hydrogens (primary N) is 1. The van der Waals surface area contributed by atoms with Gasteiger partial charge in [-0.2, -0.15) is 4.98 Å². The molecule has 0 aliphatic rings. The molecule has 1 rings (SSSR count). The van der Waals surface area contributed by atoms with Gasteiger partial charge >= 0.3 is 0 Å². The molecular formula is C14H25N3O. The van der Waals surface area contributed by atoms with Crippen LogP contribution < -0.4 is 10.5 Å². The van der Waals surface area contributed by atoms with E-state index in [1.807, 2.05) is 13.8 Å². The average molecular weight is 251 g/mol. The molecule has 0 saturated heterocycles. The van der Waals surface area contributed by atoms with Crippen LogP contribution in [0.15, 0.2) is 0 Å². The molecule has 0 radical (unpaired) electrons. The molecule has 0 aliphatic carbocycles. The van der Waals surface area contributed by atoms with E-state index in [1.165, 1.54) is 25.7 Å². The summed E-state index contributed by atoms with van der Waals surface area (Å²) in [5.74, 6) is 1.93. The predicted molar refractivity (Wildman–Crippen MR) is 74.8 cm³/mol. The van der Waals surface area contributed by atoms with Gasteiger partial charge in [0.15, 0.2) is 0 Å². The Balaban J connectivity index is 2.44. The smallest absolute Gasteiger partial charge is 0.221 e. The van der Waals surface area contributed by atoms with Gasteiger partial charge in [-0.05, 0) is 13.3 Å². The maximum absolute atomic E-state index is 5.84. The Morgan fingerprint density at radius 2 is 1.78 bits per heavy atom. The number of aromatic nitrogens is 2. The Labute approximate surface area is 110 Å². The van der Waals surface area contributed by atoms with E-state index in [0.717, 1.165) is 24.2 Å². The van der Waals surface area contributed by atoms with E-state index in [4.69, 9.17) is 10.5 Å². The molecule has 4 nitrogen and oxygen atoms in total. The Bertz CT molecular complexity index is 366. The number of nitrogen functional groups attached to an aromatic ring is 1. The zero-order valence-electron chi connectivity index (χ0n) is 11.8. The van der Waals surface area contributed by atoms with Crippen molar-refractivity contribution in [1.82, 2.24) is 9.97 Å². The lowest BCUT2D eigenvalue weighted by Crippen LogP contribution is -2.07. The van der Waals surface area contributed by atoms with E-state index in [2.05, 4.69) is 16.9 Å². The van der Waals surface area contributed by atoms with Crippen LogP contribution in [-0.2, 0) is 6.42 Å². The van der Waals surface area contributed by atoms with Crippen molar-refractivity contribution in [2.45, 2.75) is 59.3 Å². The molecule has 0 aliphatic heterocycles. The molecule has 0 atom stereocenters. The molecule has 2 N–H and O–H groups in total. The molecule has 0 saturated carbocycles. The summed E-state index contributed by atoms with van der Waals surface area (Å²) in [5, 5.41) is 0. The maximum atomic E-state index is 5.84. The molecule has 0 aromatic carbocycles. The summed E-state index contributed by atoms with van der Waals surface area (Å²) >= 11 is 0. The standard InChI is InChI=1S/C14H25N3O/c1-4-6-7-8-9-10-18-14-11(3)13(15)16-12(5-2)17-14/h4-10H2,1-3H3,(H2,15,16,17). The van der Waals surface area contributed by atoms with Crippen molar-refractivity contribution in [3.05, 3.63) is 11.4 Å². The van der Waals surface area contributed by atoms with Crippen molar-refractivity contribution in [2.75, 3.05) is 12.3 Å². The van der Waals surface area contributed by atoms with Gasteiger partial charge in [-0.15, -0.1) is 0 Å². The van der Waals surface area contributed by atoms with Crippen LogP contribution in [0.3, 0.4) is 0 Å². The van der Waals surface area contributed by atoms with Crippen LogP contribution in [0.2, 0.25) is 0 Å². The lowest BCUT2D eigenvalue weighted by atomic mass is 10.2. The highest BCUT2D eigenvalue weighted by molar-refractivity contribution is 5.44. The van der Waals surface area contributed by atoms with Crippen molar-refractivity contribution in [3.8, 4) is 5.88 Å². The number of hydrogen-bond acceptors (Lipinski definition) is 4. The minimum atomic E-state index is 0.530. The first-order valence-corrected chi connectivity index (χ1v) is 6.94. The monoisotopic (exact) mass is 251 g/mol. The average Bonchev–Trinajstić information content (AvgIpc) is 2.38. The van der Waals surface area contributed by atoms with Crippen LogP contribution in [-0.4, -0.2) is 16.6 Å². The van der Waals surface area contributed by atoms with Gasteiger partial charge in [0, 0.05) is 6.42 Å². The minimum absolute atomic E-state index is 0.530. The van der Waals surface area contributed by atoms with E-state index >= 15 is 0 Å². The third-order valence-electron chi connectivity index (χ3n) is 2.99. The maximum Gasteiger partial charge on any atom is 0.221 e. The second kappa shape index (κ2) is 7.90. The quantitative estimate of drug-likeness (QED) is 0.720. The lowest BCUT2D eigenvalue weighted by Gasteiger charge is -2.10. The number of nitrogens with zero attached hydrogens (tertiary/aromatic N) is 2. The number of anilines is 1. The Morgan fingerprint density at radius 1 is 1.06 bits per heavy atom. The van der Waals surface area contributed by atoms with E-state index in [0.29, 0.717) is 18.3 Å². The van der Waals surface area contributed by atoms with E-state index < -0.39 is 0 Å². The van der Waals surface area contributed by atoms with Gasteiger partial charge in [-0.1, -0.05) is 39.5 Å². The molecule has 0 fully saturated rings. The Hall–Kier alpha value is -1.32. The highest BCUT2D eigenvalue weighted by atomic mass is 16.5. The lowest BCUT2D eigenvalue weighted by molar-refractivity contribution is 0.290. The Kier molecular flexibility index (Phi) is 6.47. The Morgan fingerprint density at radius 3 is 2.44 bits per heavy atom. The zero-order chi connectivity index (χ0) is 13.4. The third kappa shape index (κ3) is 4.51. The van der Waals surface area contributed by atoms with Crippen LogP contribution in [0, 0.1) is 6.92 Å². The van der Waals surface area contributed by atoms with Crippen molar-refractivity contribution < 1.29 is 4.74 Å². The minimum Gasteiger partial charge on any atom is -0.477 e. The first kappa shape index (κ1) is 14.7. The number of hydrogen-bond donors (Lipinski definition) is 1. The fourth-order valence-electron chi connectivity index (χ4n) is 1.73. The summed E-state index contributed by atoms with van der Waals surface area (Å²) < 4.78 is 5.71. The predicted octanol–water partition coefficient (Wildman–Crippen LogP) is 3.28. The summed E-state index contributed by atoms with van der Waals surface area (Å²) in [4.78, 5) is 8.58. The fourth-order valence-corrected chi connectivity index (χ4v) is 1.73. The molecule has 0 bridgehead atoms. The number of unbranched alkanes of at least 4 members (excludes halogenated alkanes) is 4. The number of ether oxygens (including phenoxy) is 1. The van der Waals surface area contributed by atoms with Crippen LogP contribution in [0.1, 0.15) is 57.3 Å². The highest BCUT2D eigenvalue weighted by Gasteiger charge is 2.08. The summed E-state index contributed by atoms with van der Waals surface area (Å²) in [6.45, 7) is 6.85. The van der Waals surface area contributed by atoms with Crippen LogP contribution in [0.25, 0.3) is 0 Å². The molecule has 1 aromatic heterocycles. The number of aryl methyl sites for hydroxylation is 1. The van der Waals surface area contributed by atoms with Crippen LogP contribution in [0.4, 0.5) is 5.82 Å². The molecule has 1 aromatic rings. The van der Waals surface area contributed by atoms with Gasteiger partial charge in [-0.3, -0.25) is 0 Å². The second-order valence-electron chi connectivity index (χ2n) is 4.57. The van der Waals surface area contributed by atoms with Gasteiger partial charge in [0.05, 0.1) is 12.2 Å². The fraction of sp³-hybridized carbons (Fsp3) is 0.714. The molecule has 1 heterocycles.